The molecule has 1 unspecified atom stereocenters. The number of halogens is 1. The lowest BCUT2D eigenvalue weighted by Gasteiger charge is -2.28. The van der Waals surface area contributed by atoms with Crippen molar-refractivity contribution in [2.45, 2.75) is 33.4 Å². The molecule has 0 spiro atoms. The molecular formula is C21H24FN5O2. The molecule has 0 fully saturated rings. The summed E-state index contributed by atoms with van der Waals surface area (Å²) in [5.41, 5.74) is 12.7. The first kappa shape index (κ1) is 20.3. The molecular weight excluding hydrogens is 373 g/mol. The fourth-order valence-corrected chi connectivity index (χ4v) is 3.15. The molecule has 1 aromatic heterocycles. The number of fused-ring (bicyclic) bond motifs is 1. The number of primary amides is 1. The molecule has 2 aromatic carbocycles. The molecule has 5 N–H and O–H groups in total. The molecule has 3 aromatic rings. The maximum atomic E-state index is 13.9. The Bertz CT molecular complexity index is 1070. The Morgan fingerprint density at radius 3 is 2.41 bits per heavy atom. The number of benzene rings is 2. The average molecular weight is 397 g/mol. The summed E-state index contributed by atoms with van der Waals surface area (Å²) in [7, 11) is 0. The van der Waals surface area contributed by atoms with Gasteiger partial charge in [0.15, 0.2) is 5.69 Å². The minimum atomic E-state index is -0.882. The van der Waals surface area contributed by atoms with E-state index in [4.69, 9.17) is 11.5 Å². The fraction of sp³-hybridized carbons (Fsp3) is 0.286. The highest BCUT2D eigenvalue weighted by Gasteiger charge is 2.32. The largest absolute Gasteiger partial charge is 0.399 e. The molecule has 0 radical (unpaired) electrons. The van der Waals surface area contributed by atoms with E-state index in [0.29, 0.717) is 23.1 Å². The monoisotopic (exact) mass is 397 g/mol. The van der Waals surface area contributed by atoms with E-state index >= 15 is 0 Å². The minimum absolute atomic E-state index is 0.103. The van der Waals surface area contributed by atoms with E-state index in [1.165, 1.54) is 18.2 Å². The topological polar surface area (TPSA) is 116 Å². The first-order valence-corrected chi connectivity index (χ1v) is 9.17. The first-order valence-electron chi connectivity index (χ1n) is 9.17. The Morgan fingerprint density at radius 2 is 1.83 bits per heavy atom. The number of nitrogens with one attached hydrogen (secondary N) is 1. The third-order valence-corrected chi connectivity index (χ3v) is 4.67. The van der Waals surface area contributed by atoms with E-state index in [0.717, 1.165) is 5.56 Å². The summed E-state index contributed by atoms with van der Waals surface area (Å²) in [5.74, 6) is -1.62. The van der Waals surface area contributed by atoms with Crippen molar-refractivity contribution in [2.75, 3.05) is 5.73 Å². The Balaban J connectivity index is 2.01. The summed E-state index contributed by atoms with van der Waals surface area (Å²) >= 11 is 0. The van der Waals surface area contributed by atoms with Crippen LogP contribution in [0.1, 0.15) is 36.8 Å². The van der Waals surface area contributed by atoms with Gasteiger partial charge in [-0.15, -0.1) is 0 Å². The van der Waals surface area contributed by atoms with Crippen LogP contribution in [0.25, 0.3) is 10.9 Å². The van der Waals surface area contributed by atoms with Crippen molar-refractivity contribution >= 4 is 28.4 Å². The highest BCUT2D eigenvalue weighted by atomic mass is 19.1. The molecule has 8 heteroatoms. The van der Waals surface area contributed by atoms with E-state index in [-0.39, 0.29) is 5.69 Å². The van der Waals surface area contributed by atoms with E-state index in [1.807, 2.05) is 12.1 Å². The van der Waals surface area contributed by atoms with Gasteiger partial charge in [-0.2, -0.15) is 5.10 Å². The zero-order valence-corrected chi connectivity index (χ0v) is 16.6. The summed E-state index contributed by atoms with van der Waals surface area (Å²) in [4.78, 5) is 24.7. The highest BCUT2D eigenvalue weighted by molar-refractivity contribution is 6.06. The number of carbonyl (C=O) groups excluding carboxylic acids is 2. The van der Waals surface area contributed by atoms with Crippen LogP contribution in [0.15, 0.2) is 42.5 Å². The van der Waals surface area contributed by atoms with Crippen LogP contribution < -0.4 is 16.8 Å². The third kappa shape index (κ3) is 4.37. The maximum Gasteiger partial charge on any atom is 0.273 e. The van der Waals surface area contributed by atoms with Gasteiger partial charge in [0.1, 0.15) is 11.9 Å². The van der Waals surface area contributed by atoms with Gasteiger partial charge in [0.2, 0.25) is 5.91 Å². The SMILES string of the molecule is CC(C)(C)C(NC(=O)c1nn(Cc2ccc(N)cc2)c2cc(F)ccc12)C(N)=O. The standard InChI is InChI=1S/C21H24FN5O2/c1-21(2,3)18(19(24)28)25-20(29)17-15-9-6-13(22)10-16(15)27(26-17)11-12-4-7-14(23)8-5-12/h4-10,18H,11,23H2,1-3H3,(H2,24,28)(H,25,29). The lowest BCUT2D eigenvalue weighted by molar-refractivity contribution is -0.122. The van der Waals surface area contributed by atoms with Gasteiger partial charge in [-0.1, -0.05) is 32.9 Å². The van der Waals surface area contributed by atoms with Crippen molar-refractivity contribution in [1.82, 2.24) is 15.1 Å². The van der Waals surface area contributed by atoms with Crippen molar-refractivity contribution < 1.29 is 14.0 Å². The van der Waals surface area contributed by atoms with Crippen LogP contribution in [-0.2, 0) is 11.3 Å². The van der Waals surface area contributed by atoms with Crippen LogP contribution in [0.4, 0.5) is 10.1 Å². The average Bonchev–Trinajstić information content (AvgIpc) is 2.98. The Hall–Kier alpha value is -3.42. The van der Waals surface area contributed by atoms with Crippen LogP contribution >= 0.6 is 0 Å². The predicted molar refractivity (Wildman–Crippen MR) is 110 cm³/mol. The summed E-state index contributed by atoms with van der Waals surface area (Å²) < 4.78 is 15.4. The van der Waals surface area contributed by atoms with Crippen molar-refractivity contribution in [1.29, 1.82) is 0 Å². The lowest BCUT2D eigenvalue weighted by Crippen LogP contribution is -2.52. The number of nitrogen functional groups attached to an aromatic ring is 1. The number of nitrogens with zero attached hydrogens (tertiary/aromatic N) is 2. The van der Waals surface area contributed by atoms with Crippen LogP contribution in [-0.4, -0.2) is 27.6 Å². The second kappa shape index (κ2) is 7.54. The molecule has 0 saturated carbocycles. The van der Waals surface area contributed by atoms with Crippen LogP contribution in [0.3, 0.4) is 0 Å². The Morgan fingerprint density at radius 1 is 1.17 bits per heavy atom. The molecule has 0 saturated heterocycles. The molecule has 7 nitrogen and oxygen atoms in total. The van der Waals surface area contributed by atoms with E-state index in [9.17, 15) is 14.0 Å². The maximum absolute atomic E-state index is 13.9. The van der Waals surface area contributed by atoms with Crippen molar-refractivity contribution in [2.24, 2.45) is 11.1 Å². The van der Waals surface area contributed by atoms with Gasteiger partial charge in [0, 0.05) is 11.1 Å². The number of carbonyl (C=O) groups is 2. The van der Waals surface area contributed by atoms with Gasteiger partial charge in [-0.05, 0) is 41.3 Å². The number of amides is 2. The van der Waals surface area contributed by atoms with Crippen molar-refractivity contribution in [3.8, 4) is 0 Å². The zero-order chi connectivity index (χ0) is 21.3. The van der Waals surface area contributed by atoms with Gasteiger partial charge < -0.3 is 16.8 Å². The Labute approximate surface area is 167 Å². The number of hydrogen-bond donors (Lipinski definition) is 3. The Kier molecular flexibility index (Phi) is 5.28. The van der Waals surface area contributed by atoms with Crippen molar-refractivity contribution in [3.63, 3.8) is 0 Å². The molecule has 152 valence electrons. The molecule has 0 bridgehead atoms. The highest BCUT2D eigenvalue weighted by Crippen LogP contribution is 2.23. The first-order chi connectivity index (χ1) is 13.6. The summed E-state index contributed by atoms with van der Waals surface area (Å²) in [6, 6.07) is 10.4. The van der Waals surface area contributed by atoms with Crippen LogP contribution in [0.5, 0.6) is 0 Å². The second-order valence-electron chi connectivity index (χ2n) is 8.08. The molecule has 29 heavy (non-hydrogen) atoms. The van der Waals surface area contributed by atoms with Gasteiger partial charge in [-0.25, -0.2) is 4.39 Å². The van der Waals surface area contributed by atoms with E-state index in [2.05, 4.69) is 10.4 Å². The molecule has 2 amide bonds. The predicted octanol–water partition coefficient (Wildman–Crippen LogP) is 2.44. The van der Waals surface area contributed by atoms with E-state index in [1.54, 1.807) is 37.6 Å². The van der Waals surface area contributed by atoms with Gasteiger partial charge >= 0.3 is 0 Å². The smallest absolute Gasteiger partial charge is 0.273 e. The molecule has 1 heterocycles. The lowest BCUT2D eigenvalue weighted by atomic mass is 9.86. The number of nitrogens with two attached hydrogens (primary N) is 2. The normalized spacial score (nSPS) is 12.7. The molecule has 1 atom stereocenters. The van der Waals surface area contributed by atoms with Gasteiger partial charge in [0.25, 0.3) is 5.91 Å². The van der Waals surface area contributed by atoms with Crippen LogP contribution in [0, 0.1) is 11.2 Å². The summed E-state index contributed by atoms with van der Waals surface area (Å²) in [6.07, 6.45) is 0. The third-order valence-electron chi connectivity index (χ3n) is 4.67. The molecule has 0 aliphatic heterocycles. The molecule has 0 aliphatic rings. The molecule has 0 aliphatic carbocycles. The van der Waals surface area contributed by atoms with E-state index < -0.39 is 29.1 Å². The minimum Gasteiger partial charge on any atom is -0.399 e. The summed E-state index contributed by atoms with van der Waals surface area (Å²) in [5, 5.41) is 7.54. The second-order valence-corrected chi connectivity index (χ2v) is 8.08. The van der Waals surface area contributed by atoms with Crippen LogP contribution in [0.2, 0.25) is 0 Å². The summed E-state index contributed by atoms with van der Waals surface area (Å²) in [6.45, 7) is 5.73. The number of hydrogen-bond acceptors (Lipinski definition) is 4. The fourth-order valence-electron chi connectivity index (χ4n) is 3.15. The number of rotatable bonds is 5. The quantitative estimate of drug-likeness (QED) is 0.573. The zero-order valence-electron chi connectivity index (χ0n) is 16.6. The molecule has 3 rings (SSSR count). The number of anilines is 1. The van der Waals surface area contributed by atoms with Crippen molar-refractivity contribution in [3.05, 3.63) is 59.5 Å². The number of aromatic nitrogens is 2. The van der Waals surface area contributed by atoms with Gasteiger partial charge in [-0.3, -0.25) is 14.3 Å². The van der Waals surface area contributed by atoms with Gasteiger partial charge in [0.05, 0.1) is 12.1 Å².